The Kier molecular flexibility index (Phi) is 8.94. The number of thioether (sulfide) groups is 1. The second kappa shape index (κ2) is 9.33. The minimum Gasteiger partial charge on any atom is -0.468 e. The molecule has 0 spiro atoms. The average Bonchev–Trinajstić information content (AvgIpc) is 2.34. The Morgan fingerprint density at radius 3 is 2.65 bits per heavy atom. The molecule has 1 rings (SSSR count). The third-order valence-electron chi connectivity index (χ3n) is 2.18. The summed E-state index contributed by atoms with van der Waals surface area (Å²) in [4.78, 5) is 11.0. The van der Waals surface area contributed by atoms with Crippen LogP contribution < -0.4 is 5.73 Å². The first-order valence-electron chi connectivity index (χ1n) is 5.19. The van der Waals surface area contributed by atoms with E-state index in [1.54, 1.807) is 11.8 Å². The number of nitrogens with two attached hydrogens (primary N) is 1. The normalized spacial score (nSPS) is 11.4. The molecule has 0 radical (unpaired) electrons. The van der Waals surface area contributed by atoms with Crippen LogP contribution in [0.25, 0.3) is 0 Å². The van der Waals surface area contributed by atoms with Crippen molar-refractivity contribution in [1.82, 2.24) is 0 Å². The van der Waals surface area contributed by atoms with Crippen LogP contribution in [-0.4, -0.2) is 30.6 Å². The third kappa shape index (κ3) is 6.56. The maximum absolute atomic E-state index is 11.0. The Hall–Kier alpha value is -0.710. The minimum atomic E-state index is -0.509. The van der Waals surface area contributed by atoms with Crippen LogP contribution in [0.3, 0.4) is 0 Å². The fourth-order valence-corrected chi connectivity index (χ4v) is 2.20. The maximum atomic E-state index is 11.0. The van der Waals surface area contributed by atoms with E-state index in [2.05, 4.69) is 16.9 Å². The van der Waals surface area contributed by atoms with Crippen LogP contribution in [0.2, 0.25) is 0 Å². The van der Waals surface area contributed by atoms with Gasteiger partial charge in [0.1, 0.15) is 6.04 Å². The van der Waals surface area contributed by atoms with Gasteiger partial charge in [-0.15, -0.1) is 12.4 Å². The number of hydrogen-bond acceptors (Lipinski definition) is 4. The first-order chi connectivity index (χ1) is 7.74. The van der Waals surface area contributed by atoms with Gasteiger partial charge in [0, 0.05) is 5.75 Å². The van der Waals surface area contributed by atoms with Gasteiger partial charge in [-0.25, -0.2) is 0 Å². The Labute approximate surface area is 113 Å². The summed E-state index contributed by atoms with van der Waals surface area (Å²) in [7, 11) is 1.36. The van der Waals surface area contributed by atoms with Crippen molar-refractivity contribution >= 4 is 30.1 Å². The zero-order valence-corrected chi connectivity index (χ0v) is 11.4. The lowest BCUT2D eigenvalue weighted by molar-refractivity contribution is -0.141. The van der Waals surface area contributed by atoms with Gasteiger partial charge in [-0.1, -0.05) is 30.3 Å². The van der Waals surface area contributed by atoms with E-state index in [1.165, 1.54) is 12.7 Å². The fourth-order valence-electron chi connectivity index (χ4n) is 1.26. The SMILES string of the molecule is COC(=O)[C@@H](N)CSCCc1ccccc1.Cl. The Balaban J connectivity index is 0.00000256. The van der Waals surface area contributed by atoms with E-state index in [1.807, 2.05) is 18.2 Å². The maximum Gasteiger partial charge on any atom is 0.323 e. The van der Waals surface area contributed by atoms with Crippen LogP contribution in [0.1, 0.15) is 5.56 Å². The molecular weight excluding hydrogens is 258 g/mol. The highest BCUT2D eigenvalue weighted by Crippen LogP contribution is 2.08. The van der Waals surface area contributed by atoms with Gasteiger partial charge in [0.15, 0.2) is 0 Å². The molecule has 0 amide bonds. The smallest absolute Gasteiger partial charge is 0.323 e. The Bertz CT molecular complexity index is 322. The quantitative estimate of drug-likeness (QED) is 0.636. The summed E-state index contributed by atoms with van der Waals surface area (Å²) >= 11 is 1.67. The van der Waals surface area contributed by atoms with Gasteiger partial charge in [0.05, 0.1) is 7.11 Å². The van der Waals surface area contributed by atoms with Gasteiger partial charge in [-0.3, -0.25) is 4.79 Å². The van der Waals surface area contributed by atoms with Gasteiger partial charge >= 0.3 is 5.97 Å². The molecule has 0 saturated carbocycles. The van der Waals surface area contributed by atoms with Crippen molar-refractivity contribution in [2.24, 2.45) is 5.73 Å². The first-order valence-corrected chi connectivity index (χ1v) is 6.34. The van der Waals surface area contributed by atoms with E-state index in [-0.39, 0.29) is 18.4 Å². The van der Waals surface area contributed by atoms with Gasteiger partial charge < -0.3 is 10.5 Å². The van der Waals surface area contributed by atoms with Crippen LogP contribution in [0.5, 0.6) is 0 Å². The lowest BCUT2D eigenvalue weighted by Crippen LogP contribution is -2.34. The topological polar surface area (TPSA) is 52.3 Å². The van der Waals surface area contributed by atoms with E-state index in [9.17, 15) is 4.79 Å². The van der Waals surface area contributed by atoms with E-state index < -0.39 is 6.04 Å². The van der Waals surface area contributed by atoms with Crippen molar-refractivity contribution < 1.29 is 9.53 Å². The van der Waals surface area contributed by atoms with Crippen LogP contribution >= 0.6 is 24.2 Å². The van der Waals surface area contributed by atoms with Crippen LogP contribution in [-0.2, 0) is 16.0 Å². The van der Waals surface area contributed by atoms with E-state index >= 15 is 0 Å². The lowest BCUT2D eigenvalue weighted by atomic mass is 10.2. The minimum absolute atomic E-state index is 0. The average molecular weight is 276 g/mol. The zero-order valence-electron chi connectivity index (χ0n) is 9.80. The molecule has 0 unspecified atom stereocenters. The summed E-state index contributed by atoms with van der Waals surface area (Å²) in [5.41, 5.74) is 6.92. The predicted molar refractivity (Wildman–Crippen MR) is 74.7 cm³/mol. The molecule has 0 aliphatic carbocycles. The summed E-state index contributed by atoms with van der Waals surface area (Å²) in [6, 6.07) is 9.75. The Morgan fingerprint density at radius 2 is 2.06 bits per heavy atom. The van der Waals surface area contributed by atoms with Gasteiger partial charge in [-0.05, 0) is 17.7 Å². The highest BCUT2D eigenvalue weighted by molar-refractivity contribution is 7.99. The molecule has 2 N–H and O–H groups in total. The van der Waals surface area contributed by atoms with E-state index in [0.717, 1.165) is 12.2 Å². The number of aryl methyl sites for hydroxylation is 1. The molecule has 0 aliphatic heterocycles. The second-order valence-corrected chi connectivity index (χ2v) is 4.59. The molecule has 0 aliphatic rings. The van der Waals surface area contributed by atoms with Crippen molar-refractivity contribution in [2.45, 2.75) is 12.5 Å². The summed E-state index contributed by atoms with van der Waals surface area (Å²) in [6.07, 6.45) is 0.999. The highest BCUT2D eigenvalue weighted by Gasteiger charge is 2.12. The van der Waals surface area contributed by atoms with E-state index in [0.29, 0.717) is 5.75 Å². The van der Waals surface area contributed by atoms with Crippen molar-refractivity contribution in [1.29, 1.82) is 0 Å². The van der Waals surface area contributed by atoms with Crippen molar-refractivity contribution in [3.63, 3.8) is 0 Å². The molecule has 5 heteroatoms. The van der Waals surface area contributed by atoms with Gasteiger partial charge in [0.25, 0.3) is 0 Å². The zero-order chi connectivity index (χ0) is 11.8. The number of esters is 1. The van der Waals surface area contributed by atoms with Crippen LogP contribution in [0, 0.1) is 0 Å². The Morgan fingerprint density at radius 1 is 1.41 bits per heavy atom. The number of benzene rings is 1. The summed E-state index contributed by atoms with van der Waals surface area (Å²) in [6.45, 7) is 0. The van der Waals surface area contributed by atoms with Gasteiger partial charge in [0.2, 0.25) is 0 Å². The molecular formula is C12H18ClNO2S. The number of ether oxygens (including phenoxy) is 1. The van der Waals surface area contributed by atoms with Crippen LogP contribution in [0.15, 0.2) is 30.3 Å². The molecule has 1 aromatic rings. The molecule has 0 bridgehead atoms. The highest BCUT2D eigenvalue weighted by atomic mass is 35.5. The molecule has 3 nitrogen and oxygen atoms in total. The molecule has 0 saturated heterocycles. The predicted octanol–water partition coefficient (Wildman–Crippen LogP) is 1.88. The molecule has 17 heavy (non-hydrogen) atoms. The molecule has 1 aromatic carbocycles. The number of carbonyl (C=O) groups is 1. The van der Waals surface area contributed by atoms with Crippen molar-refractivity contribution in [3.8, 4) is 0 Å². The van der Waals surface area contributed by atoms with Crippen molar-refractivity contribution in [3.05, 3.63) is 35.9 Å². The molecule has 96 valence electrons. The molecule has 0 heterocycles. The molecule has 0 fully saturated rings. The first kappa shape index (κ1) is 16.3. The largest absolute Gasteiger partial charge is 0.468 e. The number of rotatable bonds is 6. The monoisotopic (exact) mass is 275 g/mol. The number of carbonyl (C=O) groups excluding carboxylic acids is 1. The second-order valence-electron chi connectivity index (χ2n) is 3.44. The molecule has 1 atom stereocenters. The number of halogens is 1. The third-order valence-corrected chi connectivity index (χ3v) is 3.27. The summed E-state index contributed by atoms with van der Waals surface area (Å²) in [5.74, 6) is 1.24. The number of methoxy groups -OCH3 is 1. The molecule has 0 aromatic heterocycles. The van der Waals surface area contributed by atoms with Crippen molar-refractivity contribution in [2.75, 3.05) is 18.6 Å². The van der Waals surface area contributed by atoms with E-state index in [4.69, 9.17) is 5.73 Å². The van der Waals surface area contributed by atoms with Crippen LogP contribution in [0.4, 0.5) is 0 Å². The van der Waals surface area contributed by atoms with Gasteiger partial charge in [-0.2, -0.15) is 11.8 Å². The standard InChI is InChI=1S/C12H17NO2S.ClH/c1-15-12(14)11(13)9-16-8-7-10-5-3-2-4-6-10;/h2-6,11H,7-9,13H2,1H3;1H/t11-;/m0./s1. The summed E-state index contributed by atoms with van der Waals surface area (Å²) in [5, 5.41) is 0. The lowest BCUT2D eigenvalue weighted by Gasteiger charge is -2.08. The summed E-state index contributed by atoms with van der Waals surface area (Å²) < 4.78 is 4.55. The number of hydrogen-bond donors (Lipinski definition) is 1. The fraction of sp³-hybridized carbons (Fsp3) is 0.417.